The van der Waals surface area contributed by atoms with Crippen molar-refractivity contribution < 1.29 is 27.1 Å². The maximum Gasteiger partial charge on any atom is 0.327 e. The fourth-order valence-electron chi connectivity index (χ4n) is 2.24. The zero-order chi connectivity index (χ0) is 21.6. The number of carbonyl (C=O) groups excluding carboxylic acids is 1. The normalized spacial score (nSPS) is 11.1. The van der Waals surface area contributed by atoms with E-state index in [0.29, 0.717) is 6.42 Å². The van der Waals surface area contributed by atoms with E-state index >= 15 is 0 Å². The SMILES string of the molecule is CCCS(=O)(=O)Nc1ccc(F)c(NC(=O)N(C)c2cc(NCO)ncn2)c1F. The quantitative estimate of drug-likeness (QED) is 0.470. The molecule has 0 fully saturated rings. The minimum absolute atomic E-state index is 0.0778. The number of aliphatic hydroxyl groups excluding tert-OH is 1. The summed E-state index contributed by atoms with van der Waals surface area (Å²) in [6, 6.07) is 2.15. The highest BCUT2D eigenvalue weighted by molar-refractivity contribution is 7.92. The van der Waals surface area contributed by atoms with Gasteiger partial charge in [0, 0.05) is 13.1 Å². The first-order valence-electron chi connectivity index (χ1n) is 8.38. The van der Waals surface area contributed by atoms with Gasteiger partial charge in [-0.05, 0) is 18.6 Å². The summed E-state index contributed by atoms with van der Waals surface area (Å²) in [7, 11) is -2.52. The van der Waals surface area contributed by atoms with Gasteiger partial charge in [-0.3, -0.25) is 9.62 Å². The van der Waals surface area contributed by atoms with Gasteiger partial charge in [-0.15, -0.1) is 0 Å². The number of halogens is 2. The Morgan fingerprint density at radius 2 is 2.00 bits per heavy atom. The smallest absolute Gasteiger partial charge is 0.327 e. The number of sulfonamides is 1. The van der Waals surface area contributed by atoms with Gasteiger partial charge in [0.25, 0.3) is 0 Å². The summed E-state index contributed by atoms with van der Waals surface area (Å²) in [4.78, 5) is 21.0. The largest absolute Gasteiger partial charge is 0.377 e. The Hall–Kier alpha value is -3.06. The van der Waals surface area contributed by atoms with Crippen LogP contribution in [0.5, 0.6) is 0 Å². The summed E-state index contributed by atoms with van der Waals surface area (Å²) in [5.41, 5.74) is -1.31. The van der Waals surface area contributed by atoms with Crippen LogP contribution in [0, 0.1) is 11.6 Å². The van der Waals surface area contributed by atoms with Gasteiger partial charge < -0.3 is 15.7 Å². The van der Waals surface area contributed by atoms with Gasteiger partial charge in [0.2, 0.25) is 10.0 Å². The van der Waals surface area contributed by atoms with Crippen molar-refractivity contribution in [2.24, 2.45) is 0 Å². The molecule has 0 saturated carbocycles. The van der Waals surface area contributed by atoms with Gasteiger partial charge in [0.1, 0.15) is 36.2 Å². The number of anilines is 4. The van der Waals surface area contributed by atoms with Crippen molar-refractivity contribution in [2.75, 3.05) is 39.8 Å². The number of nitrogens with zero attached hydrogens (tertiary/aromatic N) is 3. The summed E-state index contributed by atoms with van der Waals surface area (Å²) in [6.07, 6.45) is 1.43. The lowest BCUT2D eigenvalue weighted by Gasteiger charge is -2.19. The summed E-state index contributed by atoms with van der Waals surface area (Å²) in [6.45, 7) is 1.24. The molecule has 0 aliphatic rings. The molecule has 1 heterocycles. The molecule has 0 aliphatic heterocycles. The molecule has 0 radical (unpaired) electrons. The number of rotatable bonds is 8. The van der Waals surface area contributed by atoms with Crippen molar-refractivity contribution in [2.45, 2.75) is 13.3 Å². The number of hydrogen-bond donors (Lipinski definition) is 4. The molecule has 0 unspecified atom stereocenters. The molecule has 13 heteroatoms. The van der Waals surface area contributed by atoms with Crippen molar-refractivity contribution in [3.05, 3.63) is 36.2 Å². The number of urea groups is 1. The highest BCUT2D eigenvalue weighted by Gasteiger charge is 2.21. The number of carbonyl (C=O) groups is 1. The fourth-order valence-corrected chi connectivity index (χ4v) is 3.37. The predicted octanol–water partition coefficient (Wildman–Crippen LogP) is 1.94. The van der Waals surface area contributed by atoms with E-state index in [1.807, 2.05) is 4.72 Å². The molecule has 1 aromatic carbocycles. The van der Waals surface area contributed by atoms with Crippen LogP contribution in [0.2, 0.25) is 0 Å². The Morgan fingerprint density at radius 1 is 1.28 bits per heavy atom. The average molecular weight is 430 g/mol. The van der Waals surface area contributed by atoms with Gasteiger partial charge >= 0.3 is 6.03 Å². The molecule has 0 bridgehead atoms. The van der Waals surface area contributed by atoms with E-state index in [-0.39, 0.29) is 17.4 Å². The van der Waals surface area contributed by atoms with Gasteiger partial charge in [0.15, 0.2) is 5.82 Å². The topological polar surface area (TPSA) is 137 Å². The second-order valence-corrected chi connectivity index (χ2v) is 7.63. The van der Waals surface area contributed by atoms with Crippen LogP contribution in [0.25, 0.3) is 0 Å². The molecule has 2 rings (SSSR count). The van der Waals surface area contributed by atoms with E-state index in [2.05, 4.69) is 20.6 Å². The molecular weight excluding hydrogens is 410 g/mol. The summed E-state index contributed by atoms with van der Waals surface area (Å²) in [5.74, 6) is -2.30. The summed E-state index contributed by atoms with van der Waals surface area (Å²) < 4.78 is 54.4. The zero-order valence-electron chi connectivity index (χ0n) is 15.6. The van der Waals surface area contributed by atoms with Gasteiger partial charge in [0.05, 0.1) is 11.4 Å². The number of amides is 2. The van der Waals surface area contributed by atoms with E-state index in [9.17, 15) is 22.0 Å². The zero-order valence-corrected chi connectivity index (χ0v) is 16.4. The van der Waals surface area contributed by atoms with Crippen molar-refractivity contribution >= 4 is 39.1 Å². The van der Waals surface area contributed by atoms with Crippen molar-refractivity contribution in [3.63, 3.8) is 0 Å². The van der Waals surface area contributed by atoms with E-state index in [1.54, 1.807) is 6.92 Å². The molecule has 29 heavy (non-hydrogen) atoms. The Labute approximate surface area is 166 Å². The van der Waals surface area contributed by atoms with E-state index in [4.69, 9.17) is 5.11 Å². The average Bonchev–Trinajstić information content (AvgIpc) is 2.67. The molecule has 2 aromatic rings. The standard InChI is InChI=1S/C16H20F2N6O4S/c1-3-6-29(27,28)23-11-5-4-10(17)15(14(11)18)22-16(26)24(2)13-7-12(21-9-25)19-8-20-13/h4-5,7-8,23,25H,3,6,9H2,1-2H3,(H,22,26)(H,19,20,21). The summed E-state index contributed by atoms with van der Waals surface area (Å²) >= 11 is 0. The van der Waals surface area contributed by atoms with E-state index in [0.717, 1.165) is 23.4 Å². The Morgan fingerprint density at radius 3 is 2.66 bits per heavy atom. The minimum atomic E-state index is -3.81. The van der Waals surface area contributed by atoms with Gasteiger partial charge in [-0.25, -0.2) is 32.0 Å². The first-order chi connectivity index (χ1) is 13.7. The highest BCUT2D eigenvalue weighted by Crippen LogP contribution is 2.27. The molecule has 0 saturated heterocycles. The van der Waals surface area contributed by atoms with Crippen LogP contribution < -0.4 is 20.3 Å². The van der Waals surface area contributed by atoms with Crippen molar-refractivity contribution in [1.29, 1.82) is 0 Å². The second kappa shape index (κ2) is 9.43. The van der Waals surface area contributed by atoms with Crippen molar-refractivity contribution in [3.8, 4) is 0 Å². The Kier molecular flexibility index (Phi) is 7.23. The molecule has 4 N–H and O–H groups in total. The van der Waals surface area contributed by atoms with Gasteiger partial charge in [-0.1, -0.05) is 6.92 Å². The first-order valence-corrected chi connectivity index (χ1v) is 10.0. The third-order valence-electron chi connectivity index (χ3n) is 3.62. The van der Waals surface area contributed by atoms with Gasteiger partial charge in [-0.2, -0.15) is 0 Å². The summed E-state index contributed by atoms with van der Waals surface area (Å²) in [5, 5.41) is 13.4. The molecule has 1 aromatic heterocycles. The third kappa shape index (κ3) is 5.71. The van der Waals surface area contributed by atoms with Crippen LogP contribution in [0.15, 0.2) is 24.5 Å². The van der Waals surface area contributed by atoms with Crippen molar-refractivity contribution in [1.82, 2.24) is 9.97 Å². The van der Waals surface area contributed by atoms with Crippen LogP contribution in [0.4, 0.5) is 36.6 Å². The van der Waals surface area contributed by atoms with E-state index < -0.39 is 45.8 Å². The lowest BCUT2D eigenvalue weighted by Crippen LogP contribution is -2.32. The number of aliphatic hydroxyl groups is 1. The highest BCUT2D eigenvalue weighted by atomic mass is 32.2. The lowest BCUT2D eigenvalue weighted by atomic mass is 10.2. The maximum atomic E-state index is 14.6. The fraction of sp³-hybridized carbons (Fsp3) is 0.312. The maximum absolute atomic E-state index is 14.6. The Balaban J connectivity index is 2.25. The molecule has 158 valence electrons. The van der Waals surface area contributed by atoms with Crippen LogP contribution in [-0.2, 0) is 10.0 Å². The van der Waals surface area contributed by atoms with E-state index in [1.165, 1.54) is 13.1 Å². The van der Waals surface area contributed by atoms with Crippen LogP contribution >= 0.6 is 0 Å². The monoisotopic (exact) mass is 430 g/mol. The molecule has 0 spiro atoms. The Bertz CT molecular complexity index is 989. The third-order valence-corrected chi connectivity index (χ3v) is 5.10. The van der Waals surface area contributed by atoms with Crippen LogP contribution in [0.1, 0.15) is 13.3 Å². The number of nitrogens with one attached hydrogen (secondary N) is 3. The lowest BCUT2D eigenvalue weighted by molar-refractivity contribution is 0.257. The predicted molar refractivity (Wildman–Crippen MR) is 104 cm³/mol. The second-order valence-electron chi connectivity index (χ2n) is 5.79. The number of benzene rings is 1. The molecule has 10 nitrogen and oxygen atoms in total. The number of hydrogen-bond acceptors (Lipinski definition) is 7. The minimum Gasteiger partial charge on any atom is -0.377 e. The van der Waals surface area contributed by atoms with Crippen LogP contribution in [-0.4, -0.2) is 49.1 Å². The molecular formula is C16H20F2N6O4S. The molecule has 0 atom stereocenters. The number of aromatic nitrogens is 2. The molecule has 0 aliphatic carbocycles. The van der Waals surface area contributed by atoms with Crippen LogP contribution in [0.3, 0.4) is 0 Å². The first kappa shape index (κ1) is 22.2. The molecule has 2 amide bonds.